The third-order valence-electron chi connectivity index (χ3n) is 6.58. The standard InChI is InChI=1S/C25H25F3N6O4S/c1-33-19-5-2-15(22(37)29-12-21(36)34-8-6-14(13-35)7-9-34)10-18(19)30-23(33)32-24-31-17-4-3-16(11-20(17)39-24)38-25(26,27)28/h2-5,10-11,14,35H,6-9,12-13H2,1H3,(H,29,37)(H,30,31,32). The zero-order valence-corrected chi connectivity index (χ0v) is 21.6. The van der Waals surface area contributed by atoms with Crippen molar-refractivity contribution < 1.29 is 32.6 Å². The second-order valence-electron chi connectivity index (χ2n) is 9.21. The maximum atomic E-state index is 12.7. The minimum absolute atomic E-state index is 0.119. The number of aliphatic hydroxyl groups is 1. The number of carbonyl (C=O) groups excluding carboxylic acids is 2. The van der Waals surface area contributed by atoms with Gasteiger partial charge >= 0.3 is 6.36 Å². The lowest BCUT2D eigenvalue weighted by atomic mass is 9.98. The van der Waals surface area contributed by atoms with Gasteiger partial charge in [0.25, 0.3) is 5.91 Å². The van der Waals surface area contributed by atoms with E-state index in [9.17, 15) is 27.9 Å². The van der Waals surface area contributed by atoms with E-state index in [1.165, 1.54) is 18.2 Å². The Morgan fingerprint density at radius 1 is 1.13 bits per heavy atom. The fourth-order valence-electron chi connectivity index (χ4n) is 4.44. The van der Waals surface area contributed by atoms with Crippen LogP contribution in [0.5, 0.6) is 5.75 Å². The topological polar surface area (TPSA) is 122 Å². The molecule has 206 valence electrons. The van der Waals surface area contributed by atoms with E-state index in [1.54, 1.807) is 34.7 Å². The summed E-state index contributed by atoms with van der Waals surface area (Å²) in [5.74, 6) is -0.258. The first-order chi connectivity index (χ1) is 18.6. The lowest BCUT2D eigenvalue weighted by molar-refractivity contribution is -0.274. The highest BCUT2D eigenvalue weighted by Crippen LogP contribution is 2.33. The number of amides is 2. The van der Waals surface area contributed by atoms with Crippen LogP contribution >= 0.6 is 11.3 Å². The average molecular weight is 563 g/mol. The molecule has 2 aromatic carbocycles. The van der Waals surface area contributed by atoms with Gasteiger partial charge in [-0.15, -0.1) is 13.2 Å². The van der Waals surface area contributed by atoms with Crippen LogP contribution in [0.1, 0.15) is 23.2 Å². The van der Waals surface area contributed by atoms with Crippen molar-refractivity contribution in [2.24, 2.45) is 13.0 Å². The highest BCUT2D eigenvalue weighted by atomic mass is 32.1. The molecule has 5 rings (SSSR count). The van der Waals surface area contributed by atoms with Gasteiger partial charge in [0.2, 0.25) is 11.9 Å². The molecule has 0 radical (unpaired) electrons. The first-order valence-electron chi connectivity index (χ1n) is 12.2. The van der Waals surface area contributed by atoms with E-state index in [4.69, 9.17) is 0 Å². The first kappa shape index (κ1) is 26.7. The largest absolute Gasteiger partial charge is 0.573 e. The Kier molecular flexibility index (Phi) is 7.32. The monoisotopic (exact) mass is 562 g/mol. The number of ether oxygens (including phenoxy) is 1. The molecular weight excluding hydrogens is 537 g/mol. The van der Waals surface area contributed by atoms with E-state index in [-0.39, 0.29) is 30.7 Å². The summed E-state index contributed by atoms with van der Waals surface area (Å²) in [5, 5.41) is 15.4. The number of fused-ring (bicyclic) bond motifs is 2. The summed E-state index contributed by atoms with van der Waals surface area (Å²) in [6.07, 6.45) is -3.29. The molecule has 3 N–H and O–H groups in total. The van der Waals surface area contributed by atoms with Gasteiger partial charge in [0, 0.05) is 38.4 Å². The SMILES string of the molecule is Cn1c(Nc2nc3ccc(OC(F)(F)F)cc3s2)nc2cc(C(=O)NCC(=O)N3CCC(CO)CC3)ccc21. The molecule has 1 fully saturated rings. The number of aliphatic hydroxyl groups excluding tert-OH is 1. The number of rotatable bonds is 7. The minimum atomic E-state index is -4.78. The van der Waals surface area contributed by atoms with E-state index in [1.807, 2.05) is 0 Å². The van der Waals surface area contributed by atoms with Crippen molar-refractivity contribution in [3.8, 4) is 5.75 Å². The average Bonchev–Trinajstić information content (AvgIpc) is 3.45. The van der Waals surface area contributed by atoms with Crippen LogP contribution in [-0.4, -0.2) is 69.0 Å². The molecule has 3 heterocycles. The summed E-state index contributed by atoms with van der Waals surface area (Å²) < 4.78 is 43.8. The number of nitrogens with zero attached hydrogens (tertiary/aromatic N) is 4. The Bertz CT molecular complexity index is 1530. The first-order valence-corrected chi connectivity index (χ1v) is 13.0. The Morgan fingerprint density at radius 3 is 2.62 bits per heavy atom. The Labute approximate surface area is 224 Å². The van der Waals surface area contributed by atoms with Crippen molar-refractivity contribution in [1.29, 1.82) is 0 Å². The molecule has 14 heteroatoms. The van der Waals surface area contributed by atoms with E-state index in [0.29, 0.717) is 45.5 Å². The number of benzene rings is 2. The highest BCUT2D eigenvalue weighted by molar-refractivity contribution is 7.22. The van der Waals surface area contributed by atoms with Crippen LogP contribution in [0, 0.1) is 5.92 Å². The second-order valence-corrected chi connectivity index (χ2v) is 10.2. The number of piperidine rings is 1. The van der Waals surface area contributed by atoms with Gasteiger partial charge in [-0.25, -0.2) is 9.97 Å². The number of imidazole rings is 1. The lowest BCUT2D eigenvalue weighted by Crippen LogP contribution is -2.44. The predicted octanol–water partition coefficient (Wildman–Crippen LogP) is 3.79. The van der Waals surface area contributed by atoms with Crippen LogP contribution in [0.15, 0.2) is 36.4 Å². The molecule has 10 nitrogen and oxygen atoms in total. The number of halogens is 3. The van der Waals surface area contributed by atoms with Gasteiger partial charge in [-0.2, -0.15) is 0 Å². The van der Waals surface area contributed by atoms with Crippen molar-refractivity contribution in [2.75, 3.05) is 31.6 Å². The number of aromatic nitrogens is 3. The lowest BCUT2D eigenvalue weighted by Gasteiger charge is -2.31. The summed E-state index contributed by atoms with van der Waals surface area (Å²) >= 11 is 1.15. The third-order valence-corrected chi connectivity index (χ3v) is 7.51. The number of carbonyl (C=O) groups is 2. The fourth-order valence-corrected chi connectivity index (χ4v) is 5.33. The van der Waals surface area contributed by atoms with Gasteiger partial charge in [0.05, 0.1) is 27.8 Å². The van der Waals surface area contributed by atoms with Crippen molar-refractivity contribution in [3.63, 3.8) is 0 Å². The molecule has 0 unspecified atom stereocenters. The van der Waals surface area contributed by atoms with Crippen LogP contribution in [0.2, 0.25) is 0 Å². The van der Waals surface area contributed by atoms with Crippen LogP contribution in [0.3, 0.4) is 0 Å². The zero-order valence-electron chi connectivity index (χ0n) is 20.8. The maximum absolute atomic E-state index is 12.7. The molecule has 4 aromatic rings. The summed E-state index contributed by atoms with van der Waals surface area (Å²) in [4.78, 5) is 35.8. The van der Waals surface area contributed by atoms with E-state index in [0.717, 1.165) is 29.7 Å². The van der Waals surface area contributed by atoms with E-state index >= 15 is 0 Å². The highest BCUT2D eigenvalue weighted by Gasteiger charge is 2.31. The summed E-state index contributed by atoms with van der Waals surface area (Å²) in [6.45, 7) is 1.12. The summed E-state index contributed by atoms with van der Waals surface area (Å²) in [6, 6.07) is 8.91. The van der Waals surface area contributed by atoms with Crippen LogP contribution in [-0.2, 0) is 11.8 Å². The smallest absolute Gasteiger partial charge is 0.406 e. The quantitative estimate of drug-likeness (QED) is 0.313. The number of anilines is 2. The Balaban J connectivity index is 1.25. The van der Waals surface area contributed by atoms with E-state index in [2.05, 4.69) is 25.3 Å². The van der Waals surface area contributed by atoms with Gasteiger partial charge in [0.1, 0.15) is 5.75 Å². The molecule has 0 aliphatic carbocycles. The van der Waals surface area contributed by atoms with Crippen molar-refractivity contribution >= 4 is 55.5 Å². The molecule has 39 heavy (non-hydrogen) atoms. The molecule has 1 aliphatic heterocycles. The molecule has 0 spiro atoms. The van der Waals surface area contributed by atoms with Crippen LogP contribution in [0.4, 0.5) is 24.3 Å². The predicted molar refractivity (Wildman–Crippen MR) is 139 cm³/mol. The zero-order chi connectivity index (χ0) is 27.7. The molecule has 0 atom stereocenters. The molecule has 0 saturated carbocycles. The van der Waals surface area contributed by atoms with Gasteiger partial charge in [-0.1, -0.05) is 11.3 Å². The minimum Gasteiger partial charge on any atom is -0.406 e. The second kappa shape index (κ2) is 10.7. The molecule has 1 saturated heterocycles. The molecule has 2 amide bonds. The number of likely N-dealkylation sites (tertiary alicyclic amines) is 1. The normalized spacial score (nSPS) is 14.6. The maximum Gasteiger partial charge on any atom is 0.573 e. The van der Waals surface area contributed by atoms with Crippen LogP contribution in [0.25, 0.3) is 21.3 Å². The van der Waals surface area contributed by atoms with Crippen molar-refractivity contribution in [2.45, 2.75) is 19.2 Å². The summed E-state index contributed by atoms with van der Waals surface area (Å²) in [5.41, 5.74) is 2.11. The van der Waals surface area contributed by atoms with Gasteiger partial charge in [-0.3, -0.25) is 9.59 Å². The fraction of sp³-hybridized carbons (Fsp3) is 0.360. The number of alkyl halides is 3. The molecular formula is C25H25F3N6O4S. The number of thiazole rings is 1. The number of hydrogen-bond donors (Lipinski definition) is 3. The van der Waals surface area contributed by atoms with Gasteiger partial charge in [-0.05, 0) is 49.1 Å². The van der Waals surface area contributed by atoms with Crippen LogP contribution < -0.4 is 15.4 Å². The number of aryl methyl sites for hydroxylation is 1. The number of hydrogen-bond acceptors (Lipinski definition) is 8. The van der Waals surface area contributed by atoms with Gasteiger partial charge in [0.15, 0.2) is 5.13 Å². The Morgan fingerprint density at radius 2 is 1.90 bits per heavy atom. The third kappa shape index (κ3) is 6.06. The van der Waals surface area contributed by atoms with E-state index < -0.39 is 12.3 Å². The van der Waals surface area contributed by atoms with Crippen molar-refractivity contribution in [1.82, 2.24) is 24.8 Å². The summed E-state index contributed by atoms with van der Waals surface area (Å²) in [7, 11) is 1.78. The molecule has 0 bridgehead atoms. The number of nitrogens with one attached hydrogen (secondary N) is 2. The van der Waals surface area contributed by atoms with Gasteiger partial charge < -0.3 is 29.9 Å². The molecule has 2 aromatic heterocycles. The molecule has 1 aliphatic rings. The Hall–Kier alpha value is -3.91. The van der Waals surface area contributed by atoms with Crippen molar-refractivity contribution in [3.05, 3.63) is 42.0 Å².